The minimum absolute atomic E-state index is 0.259. The average Bonchev–Trinajstić information content (AvgIpc) is 2.21. The van der Waals surface area contributed by atoms with Crippen LogP contribution < -0.4 is 0 Å². The Kier molecular flexibility index (Phi) is 6.61. The van der Waals surface area contributed by atoms with Crippen LogP contribution in [0.5, 0.6) is 0 Å². The zero-order chi connectivity index (χ0) is 13.5. The van der Waals surface area contributed by atoms with Crippen molar-refractivity contribution >= 4 is 12.1 Å². The summed E-state index contributed by atoms with van der Waals surface area (Å²) in [5.74, 6) is -0.259. The molecule has 0 fully saturated rings. The third-order valence-corrected chi connectivity index (χ3v) is 2.07. The summed E-state index contributed by atoms with van der Waals surface area (Å²) in [6.45, 7) is 8.42. The molecule has 0 rings (SSSR count). The molecule has 5 nitrogen and oxygen atoms in total. The van der Waals surface area contributed by atoms with E-state index in [0.717, 1.165) is 0 Å². The molecule has 0 radical (unpaired) electrons. The Morgan fingerprint density at radius 2 is 1.82 bits per heavy atom. The highest BCUT2D eigenvalue weighted by atomic mass is 16.6. The standard InChI is InChI=1S/C12H23NO4/c1-6-13(9-7-8-10(14)16-5)11(15)17-12(2,3)4/h6-9H2,1-5H3. The first kappa shape index (κ1) is 15.7. The zero-order valence-electron chi connectivity index (χ0n) is 11.4. The minimum Gasteiger partial charge on any atom is -0.469 e. The summed E-state index contributed by atoms with van der Waals surface area (Å²) in [7, 11) is 1.35. The Hall–Kier alpha value is -1.26. The molecule has 0 aromatic carbocycles. The topological polar surface area (TPSA) is 55.8 Å². The summed E-state index contributed by atoms with van der Waals surface area (Å²) in [4.78, 5) is 24.2. The van der Waals surface area contributed by atoms with Crippen molar-refractivity contribution in [2.75, 3.05) is 20.2 Å². The molecule has 0 atom stereocenters. The molecule has 0 bridgehead atoms. The van der Waals surface area contributed by atoms with Crippen LogP contribution in [0.3, 0.4) is 0 Å². The Labute approximate surface area is 103 Å². The second-order valence-corrected chi connectivity index (χ2v) is 4.74. The summed E-state index contributed by atoms with van der Waals surface area (Å²) in [5, 5.41) is 0. The van der Waals surface area contributed by atoms with Gasteiger partial charge < -0.3 is 14.4 Å². The van der Waals surface area contributed by atoms with Crippen LogP contribution in [0.2, 0.25) is 0 Å². The number of hydrogen-bond donors (Lipinski definition) is 0. The second-order valence-electron chi connectivity index (χ2n) is 4.74. The van der Waals surface area contributed by atoms with E-state index in [9.17, 15) is 9.59 Å². The molecule has 0 saturated carbocycles. The minimum atomic E-state index is -0.493. The molecule has 0 aromatic heterocycles. The van der Waals surface area contributed by atoms with Gasteiger partial charge in [0.25, 0.3) is 0 Å². The van der Waals surface area contributed by atoms with Crippen LogP contribution in [0.15, 0.2) is 0 Å². The van der Waals surface area contributed by atoms with Gasteiger partial charge in [0, 0.05) is 19.5 Å². The predicted molar refractivity (Wildman–Crippen MR) is 64.7 cm³/mol. The molecule has 0 unspecified atom stereocenters. The van der Waals surface area contributed by atoms with Gasteiger partial charge in [-0.05, 0) is 34.1 Å². The van der Waals surface area contributed by atoms with Gasteiger partial charge in [0.2, 0.25) is 0 Å². The molecule has 0 aliphatic heterocycles. The summed E-state index contributed by atoms with van der Waals surface area (Å²) < 4.78 is 9.78. The lowest BCUT2D eigenvalue weighted by molar-refractivity contribution is -0.140. The van der Waals surface area contributed by atoms with Gasteiger partial charge in [-0.3, -0.25) is 4.79 Å². The first-order chi connectivity index (χ1) is 7.80. The van der Waals surface area contributed by atoms with Gasteiger partial charge in [0.05, 0.1) is 7.11 Å². The van der Waals surface area contributed by atoms with E-state index in [1.807, 2.05) is 27.7 Å². The molecular weight excluding hydrogens is 222 g/mol. The average molecular weight is 245 g/mol. The molecule has 0 spiro atoms. The van der Waals surface area contributed by atoms with Crippen molar-refractivity contribution in [2.45, 2.75) is 46.1 Å². The number of carbonyl (C=O) groups excluding carboxylic acids is 2. The number of esters is 1. The monoisotopic (exact) mass is 245 g/mol. The van der Waals surface area contributed by atoms with E-state index >= 15 is 0 Å². The summed E-state index contributed by atoms with van der Waals surface area (Å²) in [6, 6.07) is 0. The Balaban J connectivity index is 4.06. The number of nitrogens with zero attached hydrogens (tertiary/aromatic N) is 1. The Bertz CT molecular complexity index is 258. The molecule has 0 aliphatic carbocycles. The second kappa shape index (κ2) is 7.14. The van der Waals surface area contributed by atoms with Crippen LogP contribution in [0, 0.1) is 0 Å². The van der Waals surface area contributed by atoms with E-state index < -0.39 is 5.60 Å². The maximum absolute atomic E-state index is 11.7. The van der Waals surface area contributed by atoms with E-state index in [1.54, 1.807) is 4.90 Å². The van der Waals surface area contributed by atoms with Crippen molar-refractivity contribution in [2.24, 2.45) is 0 Å². The molecule has 0 saturated heterocycles. The van der Waals surface area contributed by atoms with Crippen molar-refractivity contribution in [1.82, 2.24) is 4.90 Å². The number of amides is 1. The Morgan fingerprint density at radius 3 is 2.24 bits per heavy atom. The van der Waals surface area contributed by atoms with Crippen molar-refractivity contribution in [3.05, 3.63) is 0 Å². The number of ether oxygens (including phenoxy) is 2. The summed E-state index contributed by atoms with van der Waals surface area (Å²) in [6.07, 6.45) is 0.556. The first-order valence-electron chi connectivity index (χ1n) is 5.85. The fourth-order valence-electron chi connectivity index (χ4n) is 1.22. The third kappa shape index (κ3) is 7.60. The van der Waals surface area contributed by atoms with Crippen LogP contribution in [0.25, 0.3) is 0 Å². The largest absolute Gasteiger partial charge is 0.469 e. The van der Waals surface area contributed by atoms with Crippen molar-refractivity contribution in [3.8, 4) is 0 Å². The number of methoxy groups -OCH3 is 1. The number of carbonyl (C=O) groups is 2. The molecule has 0 N–H and O–H groups in total. The van der Waals surface area contributed by atoms with Crippen molar-refractivity contribution in [1.29, 1.82) is 0 Å². The van der Waals surface area contributed by atoms with Gasteiger partial charge in [0.15, 0.2) is 0 Å². The smallest absolute Gasteiger partial charge is 0.410 e. The predicted octanol–water partition coefficient (Wildman–Crippen LogP) is 2.20. The molecule has 1 amide bonds. The molecule has 100 valence electrons. The number of hydrogen-bond acceptors (Lipinski definition) is 4. The Morgan fingerprint density at radius 1 is 1.24 bits per heavy atom. The fraction of sp³-hybridized carbons (Fsp3) is 0.833. The van der Waals surface area contributed by atoms with Crippen molar-refractivity contribution < 1.29 is 19.1 Å². The first-order valence-corrected chi connectivity index (χ1v) is 5.85. The quantitative estimate of drug-likeness (QED) is 0.697. The fourth-order valence-corrected chi connectivity index (χ4v) is 1.22. The normalized spacial score (nSPS) is 10.9. The van der Waals surface area contributed by atoms with Crippen LogP contribution in [-0.4, -0.2) is 42.8 Å². The van der Waals surface area contributed by atoms with Gasteiger partial charge in [0.1, 0.15) is 5.60 Å². The third-order valence-electron chi connectivity index (χ3n) is 2.07. The molecule has 5 heteroatoms. The van der Waals surface area contributed by atoms with Crippen molar-refractivity contribution in [3.63, 3.8) is 0 Å². The molecular formula is C12H23NO4. The summed E-state index contributed by atoms with van der Waals surface area (Å²) >= 11 is 0. The maximum atomic E-state index is 11.7. The van der Waals surface area contributed by atoms with Crippen LogP contribution in [0.4, 0.5) is 4.79 Å². The SMILES string of the molecule is CCN(CCCC(=O)OC)C(=O)OC(C)(C)C. The lowest BCUT2D eigenvalue weighted by Crippen LogP contribution is -2.37. The molecule has 0 heterocycles. The highest BCUT2D eigenvalue weighted by Gasteiger charge is 2.20. The molecule has 0 aromatic rings. The van der Waals surface area contributed by atoms with Gasteiger partial charge in [-0.15, -0.1) is 0 Å². The van der Waals surface area contributed by atoms with Gasteiger partial charge in [-0.25, -0.2) is 4.79 Å². The van der Waals surface area contributed by atoms with E-state index in [-0.39, 0.29) is 12.1 Å². The van der Waals surface area contributed by atoms with E-state index in [1.165, 1.54) is 7.11 Å². The number of rotatable bonds is 5. The highest BCUT2D eigenvalue weighted by molar-refractivity contribution is 5.70. The van der Waals surface area contributed by atoms with Gasteiger partial charge in [-0.2, -0.15) is 0 Å². The highest BCUT2D eigenvalue weighted by Crippen LogP contribution is 2.10. The van der Waals surface area contributed by atoms with E-state index in [0.29, 0.717) is 25.9 Å². The lowest BCUT2D eigenvalue weighted by atomic mass is 10.2. The van der Waals surface area contributed by atoms with Crippen LogP contribution in [-0.2, 0) is 14.3 Å². The van der Waals surface area contributed by atoms with Gasteiger partial charge >= 0.3 is 12.1 Å². The maximum Gasteiger partial charge on any atom is 0.410 e. The van der Waals surface area contributed by atoms with Crippen LogP contribution >= 0.6 is 0 Å². The summed E-state index contributed by atoms with van der Waals surface area (Å²) in [5.41, 5.74) is -0.493. The van der Waals surface area contributed by atoms with Gasteiger partial charge in [-0.1, -0.05) is 0 Å². The lowest BCUT2D eigenvalue weighted by Gasteiger charge is -2.26. The molecule has 17 heavy (non-hydrogen) atoms. The van der Waals surface area contributed by atoms with E-state index in [4.69, 9.17) is 4.74 Å². The molecule has 0 aliphatic rings. The van der Waals surface area contributed by atoms with Crippen LogP contribution in [0.1, 0.15) is 40.5 Å². The van der Waals surface area contributed by atoms with E-state index in [2.05, 4.69) is 4.74 Å². The zero-order valence-corrected chi connectivity index (χ0v) is 11.4.